The maximum atomic E-state index is 12.4. The first-order valence-electron chi connectivity index (χ1n) is 7.09. The predicted molar refractivity (Wildman–Crippen MR) is 80.8 cm³/mol. The van der Waals surface area contributed by atoms with Crippen LogP contribution in [0.3, 0.4) is 0 Å². The molecule has 7 heteroatoms. The fourth-order valence-corrected chi connectivity index (χ4v) is 4.45. The number of hydrogen-bond acceptors (Lipinski definition) is 5. The third kappa shape index (κ3) is 1.96. The van der Waals surface area contributed by atoms with Crippen LogP contribution < -0.4 is 10.2 Å². The van der Waals surface area contributed by atoms with Crippen molar-refractivity contribution in [1.29, 1.82) is 0 Å². The van der Waals surface area contributed by atoms with Gasteiger partial charge in [0.05, 0.1) is 24.5 Å². The molecule has 0 aromatic carbocycles. The van der Waals surface area contributed by atoms with Gasteiger partial charge < -0.3 is 15.3 Å². The van der Waals surface area contributed by atoms with Crippen LogP contribution in [-0.2, 0) is 6.42 Å². The summed E-state index contributed by atoms with van der Waals surface area (Å²) in [5.74, 6) is -0.0746. The molecule has 1 atom stereocenters. The van der Waals surface area contributed by atoms with E-state index in [1.807, 2.05) is 6.20 Å². The van der Waals surface area contributed by atoms with Crippen LogP contribution in [0.2, 0.25) is 0 Å². The molecule has 3 N–H and O–H groups in total. The van der Waals surface area contributed by atoms with Gasteiger partial charge in [0.25, 0.3) is 5.91 Å². The average molecular weight is 304 g/mol. The van der Waals surface area contributed by atoms with E-state index < -0.39 is 0 Å². The molecule has 2 aromatic rings. The van der Waals surface area contributed by atoms with Crippen LogP contribution in [0.25, 0.3) is 10.4 Å². The number of aromatic nitrogens is 2. The van der Waals surface area contributed by atoms with Crippen molar-refractivity contribution >= 4 is 22.9 Å². The van der Waals surface area contributed by atoms with E-state index in [0.29, 0.717) is 6.54 Å². The third-order valence-corrected chi connectivity index (χ3v) is 5.38. The number of carbonyl (C=O) groups is 1. The maximum absolute atomic E-state index is 12.4. The Kier molecular flexibility index (Phi) is 2.97. The lowest BCUT2D eigenvalue weighted by atomic mass is 10.00. The number of anilines is 1. The molecule has 6 nitrogen and oxygen atoms in total. The molecule has 0 fully saturated rings. The number of nitrogens with one attached hydrogen (secondary N) is 2. The van der Waals surface area contributed by atoms with Crippen LogP contribution in [0.4, 0.5) is 5.69 Å². The van der Waals surface area contributed by atoms with Crippen molar-refractivity contribution in [1.82, 2.24) is 15.5 Å². The SMILES string of the molecule is O=C1NC(CO)CN2CCCc3c(-c4cn[nH]c4)sc1c32. The van der Waals surface area contributed by atoms with Crippen molar-refractivity contribution in [3.63, 3.8) is 0 Å². The number of carbonyl (C=O) groups excluding carboxylic acids is 1. The van der Waals surface area contributed by atoms with Gasteiger partial charge in [0.15, 0.2) is 0 Å². The van der Waals surface area contributed by atoms with Crippen LogP contribution in [-0.4, -0.2) is 46.9 Å². The lowest BCUT2D eigenvalue weighted by molar-refractivity contribution is 0.0928. The maximum Gasteiger partial charge on any atom is 0.263 e. The molecule has 21 heavy (non-hydrogen) atoms. The fourth-order valence-electron chi connectivity index (χ4n) is 3.19. The van der Waals surface area contributed by atoms with Gasteiger partial charge in [-0.3, -0.25) is 9.89 Å². The third-order valence-electron chi connectivity index (χ3n) is 4.11. The summed E-state index contributed by atoms with van der Waals surface area (Å²) in [5, 5.41) is 19.2. The lowest BCUT2D eigenvalue weighted by Gasteiger charge is -2.30. The predicted octanol–water partition coefficient (Wildman–Crippen LogP) is 0.995. The summed E-state index contributed by atoms with van der Waals surface area (Å²) in [6.45, 7) is 1.58. The molecule has 0 bridgehead atoms. The topological polar surface area (TPSA) is 81.2 Å². The Balaban J connectivity index is 1.87. The molecule has 4 heterocycles. The Bertz CT molecular complexity index is 679. The molecular formula is C14H16N4O2S. The number of amides is 1. The molecule has 4 rings (SSSR count). The van der Waals surface area contributed by atoms with Gasteiger partial charge in [-0.1, -0.05) is 0 Å². The van der Waals surface area contributed by atoms with Crippen molar-refractivity contribution in [3.05, 3.63) is 22.8 Å². The number of aromatic amines is 1. The summed E-state index contributed by atoms with van der Waals surface area (Å²) in [6, 6.07) is -0.194. The second kappa shape index (κ2) is 4.85. The summed E-state index contributed by atoms with van der Waals surface area (Å²) in [4.78, 5) is 16.6. The van der Waals surface area contributed by atoms with Crippen LogP contribution in [0, 0.1) is 0 Å². The van der Waals surface area contributed by atoms with Gasteiger partial charge in [-0.15, -0.1) is 11.3 Å². The van der Waals surface area contributed by atoms with E-state index in [-0.39, 0.29) is 18.6 Å². The minimum absolute atomic E-state index is 0.0267. The standard InChI is InChI=1S/C14H16N4O2S/c19-7-9-6-18-3-1-2-10-11(18)13(14(20)17-9)21-12(10)8-4-15-16-5-8/h4-5,9,19H,1-3,6-7H2,(H,15,16)(H,17,20). The Labute approximate surface area is 125 Å². The summed E-state index contributed by atoms with van der Waals surface area (Å²) < 4.78 is 0. The number of nitrogens with zero attached hydrogens (tertiary/aromatic N) is 2. The smallest absolute Gasteiger partial charge is 0.263 e. The molecule has 0 spiro atoms. The number of rotatable bonds is 2. The van der Waals surface area contributed by atoms with Crippen LogP contribution in [0.15, 0.2) is 12.4 Å². The Morgan fingerprint density at radius 2 is 2.38 bits per heavy atom. The molecule has 1 unspecified atom stereocenters. The molecule has 0 radical (unpaired) electrons. The van der Waals surface area contributed by atoms with Gasteiger partial charge in [0.1, 0.15) is 4.88 Å². The van der Waals surface area contributed by atoms with E-state index in [4.69, 9.17) is 0 Å². The summed E-state index contributed by atoms with van der Waals surface area (Å²) >= 11 is 1.53. The molecule has 2 aromatic heterocycles. The molecular weight excluding hydrogens is 288 g/mol. The van der Waals surface area contributed by atoms with Gasteiger partial charge in [-0.25, -0.2) is 0 Å². The van der Waals surface area contributed by atoms with E-state index >= 15 is 0 Å². The molecule has 110 valence electrons. The fraction of sp³-hybridized carbons (Fsp3) is 0.429. The van der Waals surface area contributed by atoms with E-state index in [0.717, 1.165) is 40.4 Å². The summed E-state index contributed by atoms with van der Waals surface area (Å²) in [5.41, 5.74) is 3.35. The molecule has 1 amide bonds. The van der Waals surface area contributed by atoms with E-state index in [1.54, 1.807) is 6.20 Å². The second-order valence-corrected chi connectivity index (χ2v) is 6.50. The van der Waals surface area contributed by atoms with Crippen LogP contribution >= 0.6 is 11.3 Å². The highest BCUT2D eigenvalue weighted by Crippen LogP contribution is 2.45. The quantitative estimate of drug-likeness (QED) is 0.773. The van der Waals surface area contributed by atoms with Gasteiger partial charge in [-0.05, 0) is 18.4 Å². The minimum Gasteiger partial charge on any atom is -0.394 e. The minimum atomic E-state index is -0.194. The first-order valence-corrected chi connectivity index (χ1v) is 7.91. The van der Waals surface area contributed by atoms with E-state index in [2.05, 4.69) is 20.4 Å². The number of hydrogen-bond donors (Lipinski definition) is 3. The monoisotopic (exact) mass is 304 g/mol. The highest BCUT2D eigenvalue weighted by Gasteiger charge is 2.34. The van der Waals surface area contributed by atoms with Gasteiger partial charge in [-0.2, -0.15) is 5.10 Å². The number of aliphatic hydroxyl groups excluding tert-OH is 1. The highest BCUT2D eigenvalue weighted by atomic mass is 32.1. The Morgan fingerprint density at radius 1 is 1.48 bits per heavy atom. The van der Waals surface area contributed by atoms with Crippen molar-refractivity contribution in [3.8, 4) is 10.4 Å². The first-order chi connectivity index (χ1) is 10.3. The highest BCUT2D eigenvalue weighted by molar-refractivity contribution is 7.18. The van der Waals surface area contributed by atoms with Gasteiger partial charge in [0.2, 0.25) is 0 Å². The summed E-state index contributed by atoms with van der Waals surface area (Å²) in [7, 11) is 0. The zero-order valence-electron chi connectivity index (χ0n) is 11.4. The van der Waals surface area contributed by atoms with Crippen molar-refractivity contribution in [2.24, 2.45) is 0 Å². The lowest BCUT2D eigenvalue weighted by Crippen LogP contribution is -2.44. The van der Waals surface area contributed by atoms with Crippen molar-refractivity contribution in [2.75, 3.05) is 24.6 Å². The van der Waals surface area contributed by atoms with Crippen LogP contribution in [0.1, 0.15) is 21.7 Å². The normalized spacial score (nSPS) is 20.9. The van der Waals surface area contributed by atoms with E-state index in [1.165, 1.54) is 16.9 Å². The van der Waals surface area contributed by atoms with Crippen LogP contribution in [0.5, 0.6) is 0 Å². The molecule has 2 aliphatic heterocycles. The zero-order chi connectivity index (χ0) is 14.4. The zero-order valence-corrected chi connectivity index (χ0v) is 12.2. The Hall–Kier alpha value is -1.86. The Morgan fingerprint density at radius 3 is 3.14 bits per heavy atom. The number of thiophene rings is 1. The molecule has 0 aliphatic carbocycles. The molecule has 0 saturated heterocycles. The van der Waals surface area contributed by atoms with Crippen molar-refractivity contribution < 1.29 is 9.90 Å². The average Bonchev–Trinajstić information content (AvgIpc) is 3.10. The summed E-state index contributed by atoms with van der Waals surface area (Å²) in [6.07, 6.45) is 5.73. The first kappa shape index (κ1) is 12.8. The van der Waals surface area contributed by atoms with Gasteiger partial charge in [0, 0.05) is 29.7 Å². The number of H-pyrrole nitrogens is 1. The van der Waals surface area contributed by atoms with Crippen molar-refractivity contribution in [2.45, 2.75) is 18.9 Å². The molecule has 0 saturated carbocycles. The van der Waals surface area contributed by atoms with Gasteiger partial charge >= 0.3 is 0 Å². The second-order valence-electron chi connectivity index (χ2n) is 5.48. The largest absolute Gasteiger partial charge is 0.394 e. The number of aliphatic hydroxyl groups is 1. The van der Waals surface area contributed by atoms with E-state index in [9.17, 15) is 9.90 Å². The molecule has 2 aliphatic rings.